The molecular formula is C9H11NOS. The molecule has 0 N–H and O–H groups in total. The first-order valence-corrected chi connectivity index (χ1v) is 5.08. The van der Waals surface area contributed by atoms with E-state index in [-0.39, 0.29) is 5.78 Å². The minimum Gasteiger partial charge on any atom is -0.292 e. The number of thiazole rings is 1. The van der Waals surface area contributed by atoms with E-state index in [4.69, 9.17) is 0 Å². The highest BCUT2D eigenvalue weighted by Gasteiger charge is 2.16. The lowest BCUT2D eigenvalue weighted by atomic mass is 10.0. The number of hydrogen-bond acceptors (Lipinski definition) is 3. The molecule has 2 nitrogen and oxygen atoms in total. The Hall–Kier alpha value is -0.700. The predicted molar refractivity (Wildman–Crippen MR) is 48.8 cm³/mol. The molecule has 0 radical (unpaired) electrons. The van der Waals surface area contributed by atoms with Crippen LogP contribution < -0.4 is 0 Å². The number of carbonyl (C=O) groups is 1. The van der Waals surface area contributed by atoms with Crippen molar-refractivity contribution in [2.75, 3.05) is 0 Å². The van der Waals surface area contributed by atoms with Crippen molar-refractivity contribution in [3.05, 3.63) is 15.6 Å². The zero-order valence-corrected chi connectivity index (χ0v) is 7.91. The molecule has 1 aromatic heterocycles. The number of nitrogens with zero attached hydrogens (tertiary/aromatic N) is 1. The molecule has 0 aromatic carbocycles. The van der Waals surface area contributed by atoms with E-state index < -0.39 is 0 Å². The minimum absolute atomic E-state index is 0.106. The van der Waals surface area contributed by atoms with Crippen molar-refractivity contribution in [1.29, 1.82) is 0 Å². The number of aryl methyl sites for hydroxylation is 2. The Labute approximate surface area is 75.6 Å². The van der Waals surface area contributed by atoms with Gasteiger partial charge in [-0.25, -0.2) is 4.98 Å². The molecule has 1 aliphatic rings. The SMILES string of the molecule is CC(=O)c1nc2c(s1)CCCC2. The Morgan fingerprint density at radius 3 is 2.83 bits per heavy atom. The summed E-state index contributed by atoms with van der Waals surface area (Å²) in [4.78, 5) is 16.7. The molecular weight excluding hydrogens is 170 g/mol. The second kappa shape index (κ2) is 2.98. The molecule has 1 aromatic rings. The summed E-state index contributed by atoms with van der Waals surface area (Å²) in [5.74, 6) is 0.106. The Bertz CT molecular complexity index is 293. The van der Waals surface area contributed by atoms with E-state index in [1.165, 1.54) is 23.4 Å². The van der Waals surface area contributed by atoms with Gasteiger partial charge in [0.1, 0.15) is 0 Å². The van der Waals surface area contributed by atoms with Crippen LogP contribution in [0.2, 0.25) is 0 Å². The number of rotatable bonds is 1. The van der Waals surface area contributed by atoms with Gasteiger partial charge in [-0.2, -0.15) is 0 Å². The lowest BCUT2D eigenvalue weighted by Crippen LogP contribution is -1.99. The highest BCUT2D eigenvalue weighted by Crippen LogP contribution is 2.26. The summed E-state index contributed by atoms with van der Waals surface area (Å²) in [7, 11) is 0. The van der Waals surface area contributed by atoms with Crippen molar-refractivity contribution in [2.45, 2.75) is 32.6 Å². The number of carbonyl (C=O) groups excluding carboxylic acids is 1. The first-order chi connectivity index (χ1) is 5.77. The van der Waals surface area contributed by atoms with E-state index in [9.17, 15) is 4.79 Å². The van der Waals surface area contributed by atoms with Gasteiger partial charge in [-0.05, 0) is 25.7 Å². The van der Waals surface area contributed by atoms with Crippen LogP contribution >= 0.6 is 11.3 Å². The van der Waals surface area contributed by atoms with Crippen LogP contribution in [0.5, 0.6) is 0 Å². The molecule has 1 heterocycles. The molecule has 2 rings (SSSR count). The summed E-state index contributed by atoms with van der Waals surface area (Å²) < 4.78 is 0. The van der Waals surface area contributed by atoms with Crippen LogP contribution in [0.15, 0.2) is 0 Å². The van der Waals surface area contributed by atoms with Crippen molar-refractivity contribution < 1.29 is 4.79 Å². The molecule has 0 unspecified atom stereocenters. The van der Waals surface area contributed by atoms with Gasteiger partial charge in [-0.3, -0.25) is 4.79 Å². The van der Waals surface area contributed by atoms with Crippen molar-refractivity contribution in [2.24, 2.45) is 0 Å². The van der Waals surface area contributed by atoms with Crippen LogP contribution in [0.1, 0.15) is 40.1 Å². The molecule has 64 valence electrons. The first kappa shape index (κ1) is 7.92. The van der Waals surface area contributed by atoms with Gasteiger partial charge < -0.3 is 0 Å². The normalized spacial score (nSPS) is 15.8. The second-order valence-corrected chi connectivity index (χ2v) is 4.24. The van der Waals surface area contributed by atoms with E-state index in [1.54, 1.807) is 18.3 Å². The molecule has 0 amide bonds. The van der Waals surface area contributed by atoms with Crippen LogP contribution in [0, 0.1) is 0 Å². The second-order valence-electron chi connectivity index (χ2n) is 3.15. The van der Waals surface area contributed by atoms with Gasteiger partial charge in [0.05, 0.1) is 5.69 Å². The maximum Gasteiger partial charge on any atom is 0.188 e. The fraction of sp³-hybridized carbons (Fsp3) is 0.556. The maximum atomic E-state index is 11.0. The zero-order chi connectivity index (χ0) is 8.55. The van der Waals surface area contributed by atoms with E-state index in [2.05, 4.69) is 4.98 Å². The zero-order valence-electron chi connectivity index (χ0n) is 7.09. The van der Waals surface area contributed by atoms with Gasteiger partial charge in [0.15, 0.2) is 10.8 Å². The van der Waals surface area contributed by atoms with Crippen LogP contribution in [0.4, 0.5) is 0 Å². The molecule has 0 aliphatic heterocycles. The summed E-state index contributed by atoms with van der Waals surface area (Å²) in [6.45, 7) is 1.59. The van der Waals surface area contributed by atoms with E-state index in [0.717, 1.165) is 12.8 Å². The van der Waals surface area contributed by atoms with E-state index >= 15 is 0 Å². The quantitative estimate of drug-likeness (QED) is 0.622. The summed E-state index contributed by atoms with van der Waals surface area (Å²) in [6, 6.07) is 0. The van der Waals surface area contributed by atoms with Gasteiger partial charge in [-0.15, -0.1) is 11.3 Å². The number of aromatic nitrogens is 1. The number of Topliss-reactive ketones (excluding diaryl/α,β-unsaturated/α-hetero) is 1. The molecule has 0 fully saturated rings. The molecule has 0 bridgehead atoms. The Kier molecular flexibility index (Phi) is 1.97. The summed E-state index contributed by atoms with van der Waals surface area (Å²) in [5.41, 5.74) is 1.18. The Morgan fingerprint density at radius 1 is 1.42 bits per heavy atom. The van der Waals surface area contributed by atoms with Gasteiger partial charge in [0.2, 0.25) is 0 Å². The molecule has 0 saturated heterocycles. The lowest BCUT2D eigenvalue weighted by Gasteiger charge is -2.06. The third-order valence-electron chi connectivity index (χ3n) is 2.15. The molecule has 1 aliphatic carbocycles. The van der Waals surface area contributed by atoms with E-state index in [1.807, 2.05) is 0 Å². The van der Waals surface area contributed by atoms with Gasteiger partial charge in [0, 0.05) is 11.8 Å². The lowest BCUT2D eigenvalue weighted by molar-refractivity contribution is 0.101. The van der Waals surface area contributed by atoms with Crippen molar-refractivity contribution in [3.8, 4) is 0 Å². The smallest absolute Gasteiger partial charge is 0.188 e. The Morgan fingerprint density at radius 2 is 2.17 bits per heavy atom. The number of hydrogen-bond donors (Lipinski definition) is 0. The maximum absolute atomic E-state index is 11.0. The molecule has 0 atom stereocenters. The van der Waals surface area contributed by atoms with Crippen LogP contribution in [-0.4, -0.2) is 10.8 Å². The average Bonchev–Trinajstić information content (AvgIpc) is 2.46. The standard InChI is InChI=1S/C9H11NOS/c1-6(11)9-10-7-4-2-3-5-8(7)12-9/h2-5H2,1H3. The molecule has 3 heteroatoms. The van der Waals surface area contributed by atoms with Crippen molar-refractivity contribution >= 4 is 17.1 Å². The van der Waals surface area contributed by atoms with Gasteiger partial charge >= 0.3 is 0 Å². The third-order valence-corrected chi connectivity index (χ3v) is 3.41. The largest absolute Gasteiger partial charge is 0.292 e. The fourth-order valence-corrected chi connectivity index (χ4v) is 2.55. The highest BCUT2D eigenvalue weighted by molar-refractivity contribution is 7.13. The van der Waals surface area contributed by atoms with Crippen molar-refractivity contribution in [3.63, 3.8) is 0 Å². The first-order valence-electron chi connectivity index (χ1n) is 4.27. The molecule has 12 heavy (non-hydrogen) atoms. The van der Waals surface area contributed by atoms with Crippen LogP contribution in [0.3, 0.4) is 0 Å². The summed E-state index contributed by atoms with van der Waals surface area (Å²) in [6.07, 6.45) is 4.68. The number of fused-ring (bicyclic) bond motifs is 1. The highest BCUT2D eigenvalue weighted by atomic mass is 32.1. The minimum atomic E-state index is 0.106. The fourth-order valence-electron chi connectivity index (χ4n) is 1.50. The number of ketones is 1. The summed E-state index contributed by atoms with van der Waals surface area (Å²) in [5, 5.41) is 0.696. The average molecular weight is 181 g/mol. The van der Waals surface area contributed by atoms with Crippen LogP contribution in [-0.2, 0) is 12.8 Å². The van der Waals surface area contributed by atoms with E-state index in [0.29, 0.717) is 5.01 Å². The monoisotopic (exact) mass is 181 g/mol. The third kappa shape index (κ3) is 1.29. The molecule has 0 spiro atoms. The topological polar surface area (TPSA) is 30.0 Å². The van der Waals surface area contributed by atoms with Crippen molar-refractivity contribution in [1.82, 2.24) is 4.98 Å². The van der Waals surface area contributed by atoms with Crippen LogP contribution in [0.25, 0.3) is 0 Å². The predicted octanol–water partition coefficient (Wildman–Crippen LogP) is 2.22. The molecule has 0 saturated carbocycles. The van der Waals surface area contributed by atoms with Gasteiger partial charge in [-0.1, -0.05) is 0 Å². The summed E-state index contributed by atoms with van der Waals surface area (Å²) >= 11 is 1.58. The Balaban J connectivity index is 2.38. The van der Waals surface area contributed by atoms with Gasteiger partial charge in [0.25, 0.3) is 0 Å².